The van der Waals surface area contributed by atoms with Crippen LogP contribution in [0.15, 0.2) is 12.2 Å². The van der Waals surface area contributed by atoms with Crippen LogP contribution in [0.4, 0.5) is 0 Å². The molecule has 0 aromatic heterocycles. The van der Waals surface area contributed by atoms with Crippen molar-refractivity contribution in [2.75, 3.05) is 13.2 Å². The maximum absolute atomic E-state index is 11.5. The summed E-state index contributed by atoms with van der Waals surface area (Å²) in [6.45, 7) is -0.967. The van der Waals surface area contributed by atoms with Gasteiger partial charge in [0, 0.05) is 24.4 Å². The zero-order chi connectivity index (χ0) is 19.9. The highest BCUT2D eigenvalue weighted by molar-refractivity contribution is 5.71. The number of carbonyl (C=O) groups is 1. The van der Waals surface area contributed by atoms with Crippen LogP contribution in [0, 0.1) is 23.7 Å². The SMILES string of the molecule is O=C(O)C1C(O)OC(OC2OC(CO)C(O)C(O)C2O)C2C(CO)C=CC12. The van der Waals surface area contributed by atoms with Crippen LogP contribution in [0.1, 0.15) is 0 Å². The smallest absolute Gasteiger partial charge is 0.312 e. The summed E-state index contributed by atoms with van der Waals surface area (Å²) >= 11 is 0. The first-order valence-electron chi connectivity index (χ1n) is 8.61. The molecule has 27 heavy (non-hydrogen) atoms. The average Bonchev–Trinajstić information content (AvgIpc) is 3.05. The number of carboxylic acid groups (broad SMARTS) is 1. The summed E-state index contributed by atoms with van der Waals surface area (Å²) in [6.07, 6.45) is -7.41. The van der Waals surface area contributed by atoms with Gasteiger partial charge in [-0.15, -0.1) is 0 Å². The third kappa shape index (κ3) is 3.62. The summed E-state index contributed by atoms with van der Waals surface area (Å²) in [5.74, 6) is -4.44. The predicted octanol–water partition coefficient (Wildman–Crippen LogP) is -3.41. The molecule has 0 saturated carbocycles. The first-order valence-corrected chi connectivity index (χ1v) is 8.61. The maximum atomic E-state index is 11.5. The average molecular weight is 392 g/mol. The van der Waals surface area contributed by atoms with E-state index in [-0.39, 0.29) is 6.61 Å². The van der Waals surface area contributed by atoms with Gasteiger partial charge in [0.05, 0.1) is 6.61 Å². The standard InChI is InChI=1S/C16H24O11/c17-3-5-1-2-6-8(5)15(26-14(24)9(6)13(22)23)27-16-12(21)11(20)10(19)7(4-18)25-16/h1-2,5-12,14-21,24H,3-4H2,(H,22,23). The van der Waals surface area contributed by atoms with Gasteiger partial charge in [-0.05, 0) is 0 Å². The highest BCUT2D eigenvalue weighted by atomic mass is 16.8. The number of fused-ring (bicyclic) bond motifs is 1. The van der Waals surface area contributed by atoms with Crippen molar-refractivity contribution in [2.24, 2.45) is 23.7 Å². The normalized spacial score (nSPS) is 49.8. The molecule has 2 heterocycles. The lowest BCUT2D eigenvalue weighted by molar-refractivity contribution is -0.378. The van der Waals surface area contributed by atoms with Crippen LogP contribution in [0.5, 0.6) is 0 Å². The number of carboxylic acids is 1. The highest BCUT2D eigenvalue weighted by Crippen LogP contribution is 2.45. The van der Waals surface area contributed by atoms with Crippen LogP contribution in [0.25, 0.3) is 0 Å². The molecule has 0 aromatic carbocycles. The largest absolute Gasteiger partial charge is 0.481 e. The van der Waals surface area contributed by atoms with Crippen molar-refractivity contribution in [1.29, 1.82) is 0 Å². The van der Waals surface area contributed by atoms with E-state index in [0.29, 0.717) is 0 Å². The fourth-order valence-electron chi connectivity index (χ4n) is 3.96. The summed E-state index contributed by atoms with van der Waals surface area (Å²) in [5.41, 5.74) is 0. The molecule has 1 aliphatic carbocycles. The van der Waals surface area contributed by atoms with Gasteiger partial charge >= 0.3 is 5.97 Å². The van der Waals surface area contributed by atoms with Crippen molar-refractivity contribution >= 4 is 5.97 Å². The lowest BCUT2D eigenvalue weighted by Gasteiger charge is -2.46. The van der Waals surface area contributed by atoms with Crippen LogP contribution in [0.2, 0.25) is 0 Å². The van der Waals surface area contributed by atoms with Gasteiger partial charge in [-0.25, -0.2) is 0 Å². The van der Waals surface area contributed by atoms with Crippen LogP contribution < -0.4 is 0 Å². The second-order valence-electron chi connectivity index (χ2n) is 6.98. The van der Waals surface area contributed by atoms with Gasteiger partial charge in [-0.2, -0.15) is 0 Å². The molecule has 2 saturated heterocycles. The van der Waals surface area contributed by atoms with Crippen molar-refractivity contribution in [1.82, 2.24) is 0 Å². The van der Waals surface area contributed by atoms with Gasteiger partial charge in [0.2, 0.25) is 0 Å². The van der Waals surface area contributed by atoms with Crippen LogP contribution in [0.3, 0.4) is 0 Å². The minimum absolute atomic E-state index is 0.321. The minimum Gasteiger partial charge on any atom is -0.481 e. The fourth-order valence-corrected chi connectivity index (χ4v) is 3.96. The number of aliphatic hydroxyl groups is 6. The highest BCUT2D eigenvalue weighted by Gasteiger charge is 2.54. The molecule has 3 rings (SSSR count). The van der Waals surface area contributed by atoms with Crippen LogP contribution in [-0.4, -0.2) is 98.2 Å². The Morgan fingerprint density at radius 1 is 0.926 bits per heavy atom. The lowest BCUT2D eigenvalue weighted by Crippen LogP contribution is -2.61. The first-order chi connectivity index (χ1) is 12.8. The summed E-state index contributed by atoms with van der Waals surface area (Å²) in [6, 6.07) is 0. The van der Waals surface area contributed by atoms with Crippen LogP contribution in [-0.2, 0) is 19.0 Å². The van der Waals surface area contributed by atoms with E-state index in [9.17, 15) is 40.5 Å². The Morgan fingerprint density at radius 3 is 2.22 bits per heavy atom. The summed E-state index contributed by atoms with van der Waals surface area (Å²) in [5, 5.41) is 68.1. The molecule has 11 nitrogen and oxygen atoms in total. The van der Waals surface area contributed by atoms with E-state index in [0.717, 1.165) is 0 Å². The van der Waals surface area contributed by atoms with Crippen molar-refractivity contribution in [3.8, 4) is 0 Å². The molecule has 2 aliphatic heterocycles. The van der Waals surface area contributed by atoms with E-state index in [1.54, 1.807) is 12.2 Å². The molecule has 154 valence electrons. The zero-order valence-electron chi connectivity index (χ0n) is 14.2. The van der Waals surface area contributed by atoms with E-state index >= 15 is 0 Å². The monoisotopic (exact) mass is 392 g/mol. The summed E-state index contributed by atoms with van der Waals surface area (Å²) < 4.78 is 16.1. The number of aliphatic carboxylic acids is 1. The van der Waals surface area contributed by atoms with E-state index < -0.39 is 79.5 Å². The minimum atomic E-state index is -1.71. The van der Waals surface area contributed by atoms with E-state index in [1.165, 1.54) is 0 Å². The zero-order valence-corrected chi connectivity index (χ0v) is 14.2. The quantitative estimate of drug-likeness (QED) is 0.231. The predicted molar refractivity (Wildman–Crippen MR) is 83.6 cm³/mol. The van der Waals surface area contributed by atoms with Crippen molar-refractivity contribution < 1.29 is 54.8 Å². The second-order valence-corrected chi connectivity index (χ2v) is 6.98. The maximum Gasteiger partial charge on any atom is 0.312 e. The molecular weight excluding hydrogens is 368 g/mol. The van der Waals surface area contributed by atoms with E-state index in [2.05, 4.69) is 0 Å². The molecule has 0 spiro atoms. The Bertz CT molecular complexity index is 567. The first kappa shape index (κ1) is 20.6. The molecule has 0 radical (unpaired) electrons. The summed E-state index contributed by atoms with van der Waals surface area (Å²) in [4.78, 5) is 11.5. The van der Waals surface area contributed by atoms with Gasteiger partial charge < -0.3 is 50.0 Å². The van der Waals surface area contributed by atoms with Gasteiger partial charge in [0.25, 0.3) is 0 Å². The molecule has 0 amide bonds. The van der Waals surface area contributed by atoms with E-state index in [1.807, 2.05) is 0 Å². The third-order valence-electron chi connectivity index (χ3n) is 5.44. The number of hydrogen-bond donors (Lipinski definition) is 7. The number of allylic oxidation sites excluding steroid dienone is 1. The van der Waals surface area contributed by atoms with Gasteiger partial charge in [0.1, 0.15) is 30.3 Å². The molecule has 0 aromatic rings. The molecule has 2 fully saturated rings. The number of rotatable bonds is 5. The fraction of sp³-hybridized carbons (Fsp3) is 0.812. The molecule has 7 N–H and O–H groups in total. The molecule has 11 atom stereocenters. The summed E-state index contributed by atoms with van der Waals surface area (Å²) in [7, 11) is 0. The molecule has 11 unspecified atom stereocenters. The van der Waals surface area contributed by atoms with Crippen molar-refractivity contribution in [3.63, 3.8) is 0 Å². The Morgan fingerprint density at radius 2 is 1.63 bits per heavy atom. The Hall–Kier alpha value is -1.15. The second kappa shape index (κ2) is 8.07. The topological polar surface area (TPSA) is 186 Å². The molecule has 0 bridgehead atoms. The van der Waals surface area contributed by atoms with Crippen molar-refractivity contribution in [3.05, 3.63) is 12.2 Å². The van der Waals surface area contributed by atoms with Crippen LogP contribution >= 0.6 is 0 Å². The van der Waals surface area contributed by atoms with Gasteiger partial charge in [-0.1, -0.05) is 12.2 Å². The molecular formula is C16H24O11. The Balaban J connectivity index is 1.80. The number of aliphatic hydroxyl groups excluding tert-OH is 6. The third-order valence-corrected chi connectivity index (χ3v) is 5.44. The Kier molecular flexibility index (Phi) is 6.15. The van der Waals surface area contributed by atoms with Gasteiger partial charge in [-0.3, -0.25) is 4.79 Å². The number of hydrogen-bond acceptors (Lipinski definition) is 10. The van der Waals surface area contributed by atoms with Gasteiger partial charge in [0.15, 0.2) is 18.9 Å². The molecule has 11 heteroatoms. The van der Waals surface area contributed by atoms with E-state index in [4.69, 9.17) is 14.2 Å². The van der Waals surface area contributed by atoms with Crippen molar-refractivity contribution in [2.45, 2.75) is 43.3 Å². The Labute approximate surface area is 154 Å². The molecule has 3 aliphatic rings. The lowest BCUT2D eigenvalue weighted by atomic mass is 9.77. The number of ether oxygens (including phenoxy) is 3.